The maximum Gasteiger partial charge on any atom is 0.191 e. The van der Waals surface area contributed by atoms with Gasteiger partial charge in [0.05, 0.1) is 6.04 Å². The van der Waals surface area contributed by atoms with Gasteiger partial charge in [0.25, 0.3) is 0 Å². The number of aryl methyl sites for hydroxylation is 1. The summed E-state index contributed by atoms with van der Waals surface area (Å²) in [5, 5.41) is 6.70. The molecule has 1 aliphatic carbocycles. The predicted molar refractivity (Wildman–Crippen MR) is 114 cm³/mol. The highest BCUT2D eigenvalue weighted by Crippen LogP contribution is 2.27. The van der Waals surface area contributed by atoms with E-state index in [1.165, 1.54) is 12.8 Å². The summed E-state index contributed by atoms with van der Waals surface area (Å²) in [5.41, 5.74) is 1.59. The highest BCUT2D eigenvalue weighted by Gasteiger charge is 2.30. The Morgan fingerprint density at radius 1 is 1.32 bits per heavy atom. The summed E-state index contributed by atoms with van der Waals surface area (Å²) in [4.78, 5) is 6.82. The van der Waals surface area contributed by atoms with Crippen LogP contribution in [0.3, 0.4) is 0 Å². The second kappa shape index (κ2) is 10.3. The molecule has 0 spiro atoms. The van der Waals surface area contributed by atoms with Gasteiger partial charge in [-0.3, -0.25) is 9.89 Å². The molecule has 0 amide bonds. The van der Waals surface area contributed by atoms with Crippen molar-refractivity contribution in [3.8, 4) is 0 Å². The Balaban J connectivity index is 0.00000312. The first-order chi connectivity index (χ1) is 11.4. The van der Waals surface area contributed by atoms with Gasteiger partial charge in [0.2, 0.25) is 0 Å². The minimum Gasteiger partial charge on any atom is -0.355 e. The fraction of sp³-hybridized carbons (Fsp3) is 0.632. The monoisotopic (exact) mass is 462 g/mol. The average Bonchev–Trinajstić information content (AvgIpc) is 3.37. The van der Waals surface area contributed by atoms with Gasteiger partial charge < -0.3 is 10.6 Å². The van der Waals surface area contributed by atoms with E-state index in [1.54, 1.807) is 20.0 Å². The lowest BCUT2D eigenvalue weighted by Gasteiger charge is -2.27. The van der Waals surface area contributed by atoms with E-state index in [1.807, 2.05) is 19.1 Å². The second-order valence-corrected chi connectivity index (χ2v) is 6.94. The van der Waals surface area contributed by atoms with Gasteiger partial charge in [-0.1, -0.05) is 12.1 Å². The van der Waals surface area contributed by atoms with Gasteiger partial charge in [-0.25, -0.2) is 4.39 Å². The van der Waals surface area contributed by atoms with Crippen LogP contribution in [0.2, 0.25) is 0 Å². The number of nitrogens with zero attached hydrogens (tertiary/aromatic N) is 2. The molecule has 2 N–H and O–H groups in total. The first-order valence-electron chi connectivity index (χ1n) is 8.91. The van der Waals surface area contributed by atoms with Crippen molar-refractivity contribution in [1.29, 1.82) is 0 Å². The van der Waals surface area contributed by atoms with Crippen LogP contribution < -0.4 is 10.6 Å². The van der Waals surface area contributed by atoms with Gasteiger partial charge in [0.15, 0.2) is 5.96 Å². The SMILES string of the molecule is CN=C(NCCN(C(C)C)C1CC1)NC(C)c1ccc(C)c(F)c1.I. The zero-order valence-corrected chi connectivity index (χ0v) is 18.3. The molecule has 6 heteroatoms. The summed E-state index contributed by atoms with van der Waals surface area (Å²) in [7, 11) is 1.76. The third kappa shape index (κ3) is 6.73. The Morgan fingerprint density at radius 3 is 2.52 bits per heavy atom. The molecule has 1 aliphatic rings. The first kappa shape index (κ1) is 22.2. The fourth-order valence-electron chi connectivity index (χ4n) is 2.93. The van der Waals surface area contributed by atoms with Gasteiger partial charge in [-0.15, -0.1) is 24.0 Å². The molecule has 1 saturated carbocycles. The lowest BCUT2D eigenvalue weighted by molar-refractivity contribution is 0.215. The minimum atomic E-state index is -0.166. The summed E-state index contributed by atoms with van der Waals surface area (Å²) in [6.07, 6.45) is 2.64. The van der Waals surface area contributed by atoms with Crippen LogP contribution in [0.1, 0.15) is 50.8 Å². The Kier molecular flexibility index (Phi) is 9.13. The predicted octanol–water partition coefficient (Wildman–Crippen LogP) is 3.85. The molecule has 1 atom stereocenters. The van der Waals surface area contributed by atoms with Gasteiger partial charge in [-0.2, -0.15) is 0 Å². The van der Waals surface area contributed by atoms with E-state index >= 15 is 0 Å². The minimum absolute atomic E-state index is 0. The van der Waals surface area contributed by atoms with Crippen molar-refractivity contribution >= 4 is 29.9 Å². The molecule has 25 heavy (non-hydrogen) atoms. The molecule has 1 fully saturated rings. The number of aliphatic imine (C=N–C) groups is 1. The number of nitrogens with one attached hydrogen (secondary N) is 2. The van der Waals surface area contributed by atoms with Crippen LogP contribution in [-0.4, -0.2) is 43.1 Å². The largest absolute Gasteiger partial charge is 0.355 e. The van der Waals surface area contributed by atoms with Gasteiger partial charge in [-0.05, 0) is 57.7 Å². The molecule has 1 unspecified atom stereocenters. The maximum absolute atomic E-state index is 13.7. The molecule has 0 aliphatic heterocycles. The van der Waals surface area contributed by atoms with Crippen molar-refractivity contribution in [2.75, 3.05) is 20.1 Å². The van der Waals surface area contributed by atoms with Crippen molar-refractivity contribution in [3.63, 3.8) is 0 Å². The van der Waals surface area contributed by atoms with E-state index in [-0.39, 0.29) is 35.8 Å². The van der Waals surface area contributed by atoms with Crippen LogP contribution >= 0.6 is 24.0 Å². The molecule has 0 heterocycles. The molecular weight excluding hydrogens is 430 g/mol. The van der Waals surface area contributed by atoms with Crippen LogP contribution in [0.4, 0.5) is 4.39 Å². The molecule has 0 bridgehead atoms. The Hall–Kier alpha value is -0.890. The van der Waals surface area contributed by atoms with Gasteiger partial charge >= 0.3 is 0 Å². The molecule has 0 radical (unpaired) electrons. The van der Waals surface area contributed by atoms with E-state index in [4.69, 9.17) is 0 Å². The Bertz CT molecular complexity index is 571. The van der Waals surface area contributed by atoms with Crippen molar-refractivity contribution < 1.29 is 4.39 Å². The van der Waals surface area contributed by atoms with Crippen LogP contribution in [0.25, 0.3) is 0 Å². The number of halogens is 2. The van der Waals surface area contributed by atoms with E-state index in [0.717, 1.165) is 30.7 Å². The summed E-state index contributed by atoms with van der Waals surface area (Å²) in [6.45, 7) is 10.2. The van der Waals surface area contributed by atoms with Crippen LogP contribution in [-0.2, 0) is 0 Å². The van der Waals surface area contributed by atoms with Crippen LogP contribution in [0, 0.1) is 12.7 Å². The van der Waals surface area contributed by atoms with Crippen molar-refractivity contribution in [2.45, 2.75) is 58.7 Å². The third-order valence-corrected chi connectivity index (χ3v) is 4.61. The highest BCUT2D eigenvalue weighted by molar-refractivity contribution is 14.0. The molecular formula is C19H32FIN4. The topological polar surface area (TPSA) is 39.7 Å². The highest BCUT2D eigenvalue weighted by atomic mass is 127. The number of guanidine groups is 1. The molecule has 0 aromatic heterocycles. The Labute approximate surface area is 168 Å². The zero-order chi connectivity index (χ0) is 17.7. The average molecular weight is 462 g/mol. The molecule has 1 aromatic rings. The fourth-order valence-corrected chi connectivity index (χ4v) is 2.93. The van der Waals surface area contributed by atoms with Crippen molar-refractivity contribution in [3.05, 3.63) is 35.1 Å². The van der Waals surface area contributed by atoms with Crippen molar-refractivity contribution in [2.24, 2.45) is 4.99 Å². The summed E-state index contributed by atoms with van der Waals surface area (Å²) in [5.74, 6) is 0.587. The molecule has 2 rings (SSSR count). The maximum atomic E-state index is 13.7. The summed E-state index contributed by atoms with van der Waals surface area (Å²) in [6, 6.07) is 6.69. The molecule has 4 nitrogen and oxygen atoms in total. The number of rotatable bonds is 7. The van der Waals surface area contributed by atoms with Gasteiger partial charge in [0, 0.05) is 32.2 Å². The molecule has 1 aromatic carbocycles. The normalized spacial score (nSPS) is 15.9. The quantitative estimate of drug-likeness (QED) is 0.368. The number of hydrogen-bond acceptors (Lipinski definition) is 2. The smallest absolute Gasteiger partial charge is 0.191 e. The molecule has 142 valence electrons. The first-order valence-corrected chi connectivity index (χ1v) is 8.91. The summed E-state index contributed by atoms with van der Waals surface area (Å²) >= 11 is 0. The van der Waals surface area contributed by atoms with E-state index in [9.17, 15) is 4.39 Å². The second-order valence-electron chi connectivity index (χ2n) is 6.94. The third-order valence-electron chi connectivity index (χ3n) is 4.61. The van der Waals surface area contributed by atoms with E-state index < -0.39 is 0 Å². The van der Waals surface area contributed by atoms with E-state index in [0.29, 0.717) is 11.6 Å². The standard InChI is InChI=1S/C19H31FN4.HI/c1-13(2)24(17-8-9-17)11-10-22-19(21-5)23-15(4)16-7-6-14(3)18(20)12-16;/h6-7,12-13,15,17H,8-11H2,1-5H3,(H2,21,22,23);1H. The van der Waals surface area contributed by atoms with Crippen molar-refractivity contribution in [1.82, 2.24) is 15.5 Å². The van der Waals surface area contributed by atoms with E-state index in [2.05, 4.69) is 34.4 Å². The molecule has 0 saturated heterocycles. The zero-order valence-electron chi connectivity index (χ0n) is 16.0. The number of benzene rings is 1. The Morgan fingerprint density at radius 2 is 2.00 bits per heavy atom. The summed E-state index contributed by atoms with van der Waals surface area (Å²) < 4.78 is 13.7. The lowest BCUT2D eigenvalue weighted by atomic mass is 10.1. The number of hydrogen-bond donors (Lipinski definition) is 2. The lowest BCUT2D eigenvalue weighted by Crippen LogP contribution is -2.44. The van der Waals surface area contributed by atoms with Gasteiger partial charge in [0.1, 0.15) is 5.82 Å². The van der Waals surface area contributed by atoms with Crippen LogP contribution in [0.5, 0.6) is 0 Å². The van der Waals surface area contributed by atoms with Crippen LogP contribution in [0.15, 0.2) is 23.2 Å².